The number of likely N-dealkylation sites (N-methyl/N-ethyl adjacent to an activating group) is 1. The van der Waals surface area contributed by atoms with E-state index < -0.39 is 12.2 Å². The van der Waals surface area contributed by atoms with E-state index in [1.54, 1.807) is 4.58 Å². The molecule has 2 atom stereocenters. The van der Waals surface area contributed by atoms with Crippen molar-refractivity contribution in [1.29, 1.82) is 0 Å². The summed E-state index contributed by atoms with van der Waals surface area (Å²) in [4.78, 5) is 11.0. The number of nitrogens with one attached hydrogen (secondary N) is 1. The van der Waals surface area contributed by atoms with Gasteiger partial charge in [0.1, 0.15) is 6.42 Å². The minimum atomic E-state index is -0.855. The highest BCUT2D eigenvalue weighted by atomic mass is 16.4. The molecule has 0 bridgehead atoms. The molecule has 1 aliphatic heterocycles. The van der Waals surface area contributed by atoms with Crippen molar-refractivity contribution < 1.29 is 19.6 Å². The lowest BCUT2D eigenvalue weighted by molar-refractivity contribution is -0.600. The highest BCUT2D eigenvalue weighted by molar-refractivity contribution is 5.94. The molecule has 1 rings (SSSR count). The van der Waals surface area contributed by atoms with Crippen molar-refractivity contribution in [3.63, 3.8) is 0 Å². The maximum atomic E-state index is 11.0. The number of aliphatic hydroxyl groups is 1. The van der Waals surface area contributed by atoms with Crippen LogP contribution in [0, 0.1) is 0 Å². The van der Waals surface area contributed by atoms with Crippen molar-refractivity contribution in [3.8, 4) is 0 Å². The molecule has 5 nitrogen and oxygen atoms in total. The van der Waals surface area contributed by atoms with Gasteiger partial charge in [0.2, 0.25) is 6.23 Å². The summed E-state index contributed by atoms with van der Waals surface area (Å²) >= 11 is 0. The van der Waals surface area contributed by atoms with Crippen molar-refractivity contribution in [3.05, 3.63) is 0 Å². The van der Waals surface area contributed by atoms with Gasteiger partial charge in [-0.05, 0) is 19.8 Å². The average Bonchev–Trinajstić information content (AvgIpc) is 3.01. The molecule has 0 aromatic carbocycles. The van der Waals surface area contributed by atoms with Crippen LogP contribution >= 0.6 is 0 Å². The van der Waals surface area contributed by atoms with Crippen LogP contribution in [0.1, 0.15) is 129 Å². The highest BCUT2D eigenvalue weighted by Gasteiger charge is 2.39. The first kappa shape index (κ1) is 26.9. The molecule has 176 valence electrons. The molecule has 0 spiro atoms. The minimum Gasteiger partial charge on any atom is -0.481 e. The number of hydrogen-bond donors (Lipinski definition) is 3. The van der Waals surface area contributed by atoms with Crippen LogP contribution < -0.4 is 5.32 Å². The summed E-state index contributed by atoms with van der Waals surface area (Å²) in [5.74, 6) is -0.204. The van der Waals surface area contributed by atoms with E-state index in [-0.39, 0.29) is 12.5 Å². The Hall–Kier alpha value is -1.10. The van der Waals surface area contributed by atoms with Crippen LogP contribution in [0.25, 0.3) is 0 Å². The first-order valence-corrected chi connectivity index (χ1v) is 12.9. The fraction of sp³-hybridized carbons (Fsp3) is 0.920. The zero-order valence-electron chi connectivity index (χ0n) is 19.8. The smallest absolute Gasteiger partial charge is 0.315 e. The Bertz CT molecular complexity index is 479. The number of hydrogen-bond acceptors (Lipinski definition) is 3. The Labute approximate surface area is 185 Å². The third-order valence-corrected chi connectivity index (χ3v) is 6.41. The molecule has 0 saturated heterocycles. The maximum Gasteiger partial charge on any atom is 0.315 e. The van der Waals surface area contributed by atoms with Crippen LogP contribution in [0.4, 0.5) is 0 Å². The molecule has 5 heteroatoms. The normalized spacial score (nSPS) is 18.8. The molecular weight excluding hydrogens is 376 g/mol. The van der Waals surface area contributed by atoms with E-state index >= 15 is 0 Å². The van der Waals surface area contributed by atoms with Crippen molar-refractivity contribution in [2.75, 3.05) is 6.54 Å². The number of carboxylic acid groups (broad SMARTS) is 1. The Morgan fingerprint density at radius 3 is 1.63 bits per heavy atom. The lowest BCUT2D eigenvalue weighted by Crippen LogP contribution is -2.36. The number of aliphatic carboxylic acids is 1. The lowest BCUT2D eigenvalue weighted by atomic mass is 10.0. The van der Waals surface area contributed by atoms with E-state index in [4.69, 9.17) is 5.11 Å². The Kier molecular flexibility index (Phi) is 15.8. The quantitative estimate of drug-likeness (QED) is 0.169. The minimum absolute atomic E-state index is 0.0362. The molecule has 0 fully saturated rings. The van der Waals surface area contributed by atoms with E-state index in [0.29, 0.717) is 12.4 Å². The topological polar surface area (TPSA) is 72.6 Å². The van der Waals surface area contributed by atoms with Crippen LogP contribution in [0.2, 0.25) is 0 Å². The summed E-state index contributed by atoms with van der Waals surface area (Å²) in [6.07, 6.45) is 22.0. The largest absolute Gasteiger partial charge is 0.481 e. The SMILES string of the molecule is CCCCCCCCCCCCCCCCCC[C@@H]1NC(CC(=O)O)=[N+](CC)[C@H]1O. The summed E-state index contributed by atoms with van der Waals surface area (Å²) in [6.45, 7) is 4.86. The average molecular weight is 426 g/mol. The molecule has 0 unspecified atom stereocenters. The van der Waals surface area contributed by atoms with E-state index in [2.05, 4.69) is 12.2 Å². The summed E-state index contributed by atoms with van der Waals surface area (Å²) in [5, 5.41) is 22.7. The second-order valence-electron chi connectivity index (χ2n) is 9.06. The second kappa shape index (κ2) is 17.6. The number of amidine groups is 1. The summed E-state index contributed by atoms with van der Waals surface area (Å²) in [5.41, 5.74) is 0. The molecule has 30 heavy (non-hydrogen) atoms. The van der Waals surface area contributed by atoms with Gasteiger partial charge in [-0.3, -0.25) is 10.1 Å². The molecule has 1 aliphatic rings. The highest BCUT2D eigenvalue weighted by Crippen LogP contribution is 2.17. The molecule has 0 aliphatic carbocycles. The van der Waals surface area contributed by atoms with Gasteiger partial charge in [-0.15, -0.1) is 0 Å². The molecule has 0 aromatic rings. The molecule has 0 amide bonds. The van der Waals surface area contributed by atoms with Gasteiger partial charge in [-0.1, -0.05) is 103 Å². The number of unbranched alkanes of at least 4 members (excludes halogenated alkanes) is 15. The van der Waals surface area contributed by atoms with E-state index in [1.165, 1.54) is 96.3 Å². The number of aliphatic hydroxyl groups excluding tert-OH is 1. The monoisotopic (exact) mass is 425 g/mol. The number of nitrogens with zero attached hydrogens (tertiary/aromatic N) is 1. The Balaban J connectivity index is 1.91. The predicted octanol–water partition coefficient (Wildman–Crippen LogP) is 5.83. The van der Waals surface area contributed by atoms with Gasteiger partial charge >= 0.3 is 5.97 Å². The fourth-order valence-electron chi connectivity index (χ4n) is 4.56. The van der Waals surface area contributed by atoms with Crippen LogP contribution in [-0.4, -0.2) is 45.4 Å². The van der Waals surface area contributed by atoms with Gasteiger partial charge < -0.3 is 10.2 Å². The van der Waals surface area contributed by atoms with Crippen LogP contribution in [-0.2, 0) is 4.79 Å². The fourth-order valence-corrected chi connectivity index (χ4v) is 4.56. The molecular formula is C25H49N2O3+. The van der Waals surface area contributed by atoms with Gasteiger partial charge in [0.15, 0.2) is 6.04 Å². The predicted molar refractivity (Wildman–Crippen MR) is 125 cm³/mol. The number of carboxylic acids is 1. The van der Waals surface area contributed by atoms with Crippen LogP contribution in [0.15, 0.2) is 0 Å². The standard InChI is InChI=1S/C25H48N2O3/c1-3-5-6-7-8-9-10-11-12-13-14-15-16-17-18-19-20-22-25(30)27(4-2)23(26-22)21-24(28)29/h22,25,30H,3-21H2,1-2H3,(H,28,29)/p+1/t22-,25-/m0/s1. The van der Waals surface area contributed by atoms with Crippen LogP contribution in [0.5, 0.6) is 0 Å². The van der Waals surface area contributed by atoms with Crippen molar-refractivity contribution >= 4 is 11.8 Å². The zero-order valence-corrected chi connectivity index (χ0v) is 19.8. The maximum absolute atomic E-state index is 11.0. The molecule has 0 radical (unpaired) electrons. The van der Waals surface area contributed by atoms with Crippen molar-refractivity contribution in [2.45, 2.75) is 142 Å². The van der Waals surface area contributed by atoms with Crippen molar-refractivity contribution in [2.24, 2.45) is 0 Å². The summed E-state index contributed by atoms with van der Waals surface area (Å²) in [7, 11) is 0. The van der Waals surface area contributed by atoms with Gasteiger partial charge in [0.05, 0.1) is 6.54 Å². The van der Waals surface area contributed by atoms with Gasteiger partial charge in [0.25, 0.3) is 5.84 Å². The van der Waals surface area contributed by atoms with Gasteiger partial charge in [-0.2, -0.15) is 0 Å². The van der Waals surface area contributed by atoms with Crippen molar-refractivity contribution in [1.82, 2.24) is 5.32 Å². The third kappa shape index (κ3) is 11.9. The molecule has 1 heterocycles. The van der Waals surface area contributed by atoms with Gasteiger partial charge in [-0.25, -0.2) is 4.58 Å². The third-order valence-electron chi connectivity index (χ3n) is 6.41. The van der Waals surface area contributed by atoms with E-state index in [0.717, 1.165) is 12.8 Å². The second-order valence-corrected chi connectivity index (χ2v) is 9.06. The number of carbonyl (C=O) groups is 1. The Morgan fingerprint density at radius 1 is 0.800 bits per heavy atom. The van der Waals surface area contributed by atoms with E-state index in [1.807, 2.05) is 6.92 Å². The van der Waals surface area contributed by atoms with Gasteiger partial charge in [0, 0.05) is 0 Å². The van der Waals surface area contributed by atoms with E-state index in [9.17, 15) is 9.90 Å². The summed E-state index contributed by atoms with van der Waals surface area (Å²) in [6, 6.07) is -0.0362. The van der Waals surface area contributed by atoms with Crippen LogP contribution in [0.3, 0.4) is 0 Å². The zero-order chi connectivity index (χ0) is 22.0. The first-order chi connectivity index (χ1) is 14.6. The molecule has 3 N–H and O–H groups in total. The lowest BCUT2D eigenvalue weighted by Gasteiger charge is -2.12. The number of rotatable bonds is 20. The molecule has 0 saturated carbocycles. The molecule has 0 aromatic heterocycles. The first-order valence-electron chi connectivity index (χ1n) is 12.9. The summed E-state index contributed by atoms with van der Waals surface area (Å²) < 4.78 is 1.78. The Morgan fingerprint density at radius 2 is 1.23 bits per heavy atom.